The van der Waals surface area contributed by atoms with E-state index in [1.165, 1.54) is 76.8 Å². The van der Waals surface area contributed by atoms with Gasteiger partial charge in [-0.2, -0.15) is 0 Å². The van der Waals surface area contributed by atoms with Crippen LogP contribution in [0.2, 0.25) is 0 Å². The van der Waals surface area contributed by atoms with Crippen LogP contribution in [0.3, 0.4) is 0 Å². The number of hydrogen-bond donors (Lipinski definition) is 0. The fourth-order valence-electron chi connectivity index (χ4n) is 8.09. The van der Waals surface area contributed by atoms with Crippen LogP contribution in [0.25, 0.3) is 76.8 Å². The van der Waals surface area contributed by atoms with Crippen LogP contribution in [0.1, 0.15) is 0 Å². The summed E-state index contributed by atoms with van der Waals surface area (Å²) in [6, 6.07) is 81.4. The molecule has 55 heavy (non-hydrogen) atoms. The maximum Gasteiger partial charge on any atom is 0.0468 e. The van der Waals surface area contributed by atoms with Gasteiger partial charge in [-0.15, -0.1) is 0 Å². The fourth-order valence-corrected chi connectivity index (χ4v) is 8.09. The van der Waals surface area contributed by atoms with Gasteiger partial charge in [-0.1, -0.05) is 182 Å². The smallest absolute Gasteiger partial charge is 0.0468 e. The molecule has 0 N–H and O–H groups in total. The summed E-state index contributed by atoms with van der Waals surface area (Å²) in [5.74, 6) is 0. The summed E-state index contributed by atoms with van der Waals surface area (Å²) in [7, 11) is 0. The van der Waals surface area contributed by atoms with Crippen molar-refractivity contribution < 1.29 is 0 Å². The molecule has 0 saturated carbocycles. The molecule has 0 heterocycles. The van der Waals surface area contributed by atoms with Gasteiger partial charge in [0.1, 0.15) is 0 Å². The molecule has 10 rings (SSSR count). The first-order valence-electron chi connectivity index (χ1n) is 18.9. The number of benzene rings is 10. The maximum atomic E-state index is 2.37. The van der Waals surface area contributed by atoms with Gasteiger partial charge in [0.2, 0.25) is 0 Å². The molecule has 10 aromatic carbocycles. The first-order chi connectivity index (χ1) is 27.3. The Bertz CT molecular complexity index is 2930. The highest BCUT2D eigenvalue weighted by atomic mass is 15.1. The van der Waals surface area contributed by atoms with Crippen molar-refractivity contribution in [2.24, 2.45) is 0 Å². The summed E-state index contributed by atoms with van der Waals surface area (Å²) >= 11 is 0. The second kappa shape index (κ2) is 14.0. The lowest BCUT2D eigenvalue weighted by Gasteiger charge is -2.27. The van der Waals surface area contributed by atoms with E-state index in [-0.39, 0.29) is 0 Å². The largest absolute Gasteiger partial charge is 0.310 e. The predicted octanol–water partition coefficient (Wildman–Crippen LogP) is 15.3. The van der Waals surface area contributed by atoms with Gasteiger partial charge < -0.3 is 4.90 Å². The summed E-state index contributed by atoms with van der Waals surface area (Å²) in [4.78, 5) is 2.37. The average Bonchev–Trinajstić information content (AvgIpc) is 3.27. The molecule has 258 valence electrons. The highest BCUT2D eigenvalue weighted by molar-refractivity contribution is 6.17. The molecule has 1 nitrogen and oxygen atoms in total. The Hall–Kier alpha value is -7.22. The molecule has 0 aromatic heterocycles. The zero-order valence-corrected chi connectivity index (χ0v) is 30.3. The second-order valence-electron chi connectivity index (χ2n) is 14.1. The molecule has 0 atom stereocenters. The molecule has 0 unspecified atom stereocenters. The molecule has 0 spiro atoms. The first kappa shape index (κ1) is 32.4. The molecule has 0 saturated heterocycles. The van der Waals surface area contributed by atoms with Crippen LogP contribution in [0, 0.1) is 0 Å². The van der Waals surface area contributed by atoms with E-state index in [1.807, 2.05) is 0 Å². The molecule has 0 amide bonds. The molecule has 1 heteroatoms. The zero-order chi connectivity index (χ0) is 36.6. The van der Waals surface area contributed by atoms with Crippen molar-refractivity contribution >= 4 is 49.4 Å². The van der Waals surface area contributed by atoms with Crippen LogP contribution in [0.4, 0.5) is 17.1 Å². The molecule has 0 bridgehead atoms. The highest BCUT2D eigenvalue weighted by Crippen LogP contribution is 2.42. The summed E-state index contributed by atoms with van der Waals surface area (Å²) in [5, 5.41) is 7.69. The molecular formula is C54H37N. The van der Waals surface area contributed by atoms with Crippen LogP contribution in [0.15, 0.2) is 224 Å². The van der Waals surface area contributed by atoms with Crippen LogP contribution < -0.4 is 4.90 Å². The standard InChI is InChI=1S/C54H37N/c1-4-12-38(13-5-1)39-20-27-46(28-21-39)55(48-31-35-50(41-14-6-2-7-15-41)54(37-48)42-16-8-3-9-17-42)47-29-22-40(23-30-47)44-25-32-51-45(36-44)26-34-52-49-19-11-10-18-43(49)24-33-53(51)52/h1-37H. The third-order valence-corrected chi connectivity index (χ3v) is 10.9. The lowest BCUT2D eigenvalue weighted by atomic mass is 9.93. The molecule has 0 aliphatic heterocycles. The zero-order valence-electron chi connectivity index (χ0n) is 30.3. The lowest BCUT2D eigenvalue weighted by Crippen LogP contribution is -2.10. The van der Waals surface area contributed by atoms with Crippen molar-refractivity contribution in [1.29, 1.82) is 0 Å². The Morgan fingerprint density at radius 2 is 0.655 bits per heavy atom. The molecule has 0 aliphatic carbocycles. The Morgan fingerprint density at radius 1 is 0.218 bits per heavy atom. The summed E-state index contributed by atoms with van der Waals surface area (Å²) in [5.41, 5.74) is 12.9. The number of nitrogens with zero attached hydrogens (tertiary/aromatic N) is 1. The summed E-state index contributed by atoms with van der Waals surface area (Å²) in [6.45, 7) is 0. The molecule has 0 radical (unpaired) electrons. The third kappa shape index (κ3) is 6.12. The molecule has 10 aromatic rings. The van der Waals surface area contributed by atoms with E-state index in [2.05, 4.69) is 229 Å². The molecular weight excluding hydrogens is 663 g/mol. The van der Waals surface area contributed by atoms with Gasteiger partial charge in [-0.25, -0.2) is 0 Å². The van der Waals surface area contributed by atoms with Crippen LogP contribution in [-0.4, -0.2) is 0 Å². The highest BCUT2D eigenvalue weighted by Gasteiger charge is 2.17. The van der Waals surface area contributed by atoms with Crippen molar-refractivity contribution in [1.82, 2.24) is 0 Å². The number of rotatable bonds is 7. The topological polar surface area (TPSA) is 3.24 Å². The fraction of sp³-hybridized carbons (Fsp3) is 0. The van der Waals surface area contributed by atoms with E-state index in [1.54, 1.807) is 0 Å². The van der Waals surface area contributed by atoms with E-state index in [0.29, 0.717) is 0 Å². The predicted molar refractivity (Wildman–Crippen MR) is 235 cm³/mol. The Kier molecular flexibility index (Phi) is 8.24. The van der Waals surface area contributed by atoms with Crippen molar-refractivity contribution in [2.45, 2.75) is 0 Å². The van der Waals surface area contributed by atoms with E-state index in [0.717, 1.165) is 17.1 Å². The van der Waals surface area contributed by atoms with Crippen molar-refractivity contribution in [3.8, 4) is 44.5 Å². The summed E-state index contributed by atoms with van der Waals surface area (Å²) < 4.78 is 0. The van der Waals surface area contributed by atoms with E-state index in [9.17, 15) is 0 Å². The molecule has 0 fully saturated rings. The van der Waals surface area contributed by atoms with Gasteiger partial charge in [0, 0.05) is 17.1 Å². The Labute approximate surface area is 322 Å². The minimum atomic E-state index is 1.10. The van der Waals surface area contributed by atoms with Crippen molar-refractivity contribution in [3.05, 3.63) is 224 Å². The van der Waals surface area contributed by atoms with E-state index < -0.39 is 0 Å². The van der Waals surface area contributed by atoms with E-state index in [4.69, 9.17) is 0 Å². The normalized spacial score (nSPS) is 11.3. The lowest BCUT2D eigenvalue weighted by molar-refractivity contribution is 1.28. The van der Waals surface area contributed by atoms with Crippen LogP contribution in [-0.2, 0) is 0 Å². The van der Waals surface area contributed by atoms with E-state index >= 15 is 0 Å². The molecule has 0 aliphatic rings. The van der Waals surface area contributed by atoms with Crippen LogP contribution >= 0.6 is 0 Å². The van der Waals surface area contributed by atoms with Crippen molar-refractivity contribution in [3.63, 3.8) is 0 Å². The SMILES string of the molecule is c1ccc(-c2ccc(N(c3ccc(-c4ccc5c(ccc6c7ccccc7ccc56)c4)cc3)c3ccc(-c4ccccc4)c(-c4ccccc4)c3)cc2)cc1. The summed E-state index contributed by atoms with van der Waals surface area (Å²) in [6.07, 6.45) is 0. The number of fused-ring (bicyclic) bond motifs is 5. The van der Waals surface area contributed by atoms with Gasteiger partial charge in [0.25, 0.3) is 0 Å². The van der Waals surface area contributed by atoms with Gasteiger partial charge in [0.15, 0.2) is 0 Å². The van der Waals surface area contributed by atoms with Gasteiger partial charge in [-0.3, -0.25) is 0 Å². The van der Waals surface area contributed by atoms with Crippen molar-refractivity contribution in [2.75, 3.05) is 4.90 Å². The Morgan fingerprint density at radius 3 is 1.29 bits per heavy atom. The quantitative estimate of drug-likeness (QED) is 0.150. The number of anilines is 3. The Balaban J connectivity index is 1.07. The average molecular weight is 700 g/mol. The third-order valence-electron chi connectivity index (χ3n) is 10.9. The number of hydrogen-bond acceptors (Lipinski definition) is 1. The van der Waals surface area contributed by atoms with Gasteiger partial charge in [0.05, 0.1) is 0 Å². The minimum absolute atomic E-state index is 1.10. The maximum absolute atomic E-state index is 2.37. The van der Waals surface area contributed by atoms with Gasteiger partial charge in [-0.05, 0) is 119 Å². The van der Waals surface area contributed by atoms with Gasteiger partial charge >= 0.3 is 0 Å². The minimum Gasteiger partial charge on any atom is -0.310 e. The monoisotopic (exact) mass is 699 g/mol. The van der Waals surface area contributed by atoms with Crippen LogP contribution in [0.5, 0.6) is 0 Å². The first-order valence-corrected chi connectivity index (χ1v) is 18.9. The second-order valence-corrected chi connectivity index (χ2v) is 14.1.